The minimum Gasteiger partial charge on any atom is -0.367 e. The van der Waals surface area contributed by atoms with Crippen LogP contribution in [-0.2, 0) is 7.05 Å². The Hall–Kier alpha value is -3.19. The molecule has 2 aromatic heterocycles. The van der Waals surface area contributed by atoms with E-state index in [4.69, 9.17) is 10.9 Å². The quantitative estimate of drug-likeness (QED) is 0.292. The first-order valence-corrected chi connectivity index (χ1v) is 7.02. The number of nitrogens with two attached hydrogens (primary N) is 1. The van der Waals surface area contributed by atoms with Crippen molar-refractivity contribution in [1.82, 2.24) is 10.0 Å². The van der Waals surface area contributed by atoms with E-state index in [0.717, 1.165) is 22.5 Å². The van der Waals surface area contributed by atoms with Gasteiger partial charge in [-0.25, -0.2) is 14.4 Å². The molecule has 23 heavy (non-hydrogen) atoms. The molecule has 0 unspecified atom stereocenters. The lowest BCUT2D eigenvalue weighted by Crippen LogP contribution is -2.27. The molecule has 0 saturated carbocycles. The standard InChI is InChI=1S/C16H17N6O/c1-21-14(11-22-9-3-2-4-15(21)22)13-7-5-12(6-8-13)10-18-19-16(17)20-23/h2-11,23H,1H3,(H3,17,19,20)/q+1/b18-10-. The van der Waals surface area contributed by atoms with Crippen LogP contribution in [0.1, 0.15) is 5.56 Å². The lowest BCUT2D eigenvalue weighted by Gasteiger charge is -1.98. The van der Waals surface area contributed by atoms with Crippen molar-refractivity contribution in [3.05, 3.63) is 60.4 Å². The van der Waals surface area contributed by atoms with Crippen LogP contribution < -0.4 is 15.6 Å². The predicted octanol–water partition coefficient (Wildman–Crippen LogP) is 1.06. The largest absolute Gasteiger partial charge is 0.367 e. The average molecular weight is 309 g/mol. The minimum atomic E-state index is -0.162. The highest BCUT2D eigenvalue weighted by atomic mass is 16.5. The van der Waals surface area contributed by atoms with Crippen molar-refractivity contribution < 1.29 is 9.61 Å². The van der Waals surface area contributed by atoms with Gasteiger partial charge in [0.25, 0.3) is 5.65 Å². The second-order valence-corrected chi connectivity index (χ2v) is 5.00. The Labute approximate surface area is 133 Å². The third kappa shape index (κ3) is 3.04. The zero-order valence-corrected chi connectivity index (χ0v) is 12.6. The van der Waals surface area contributed by atoms with Crippen LogP contribution >= 0.6 is 0 Å². The fourth-order valence-corrected chi connectivity index (χ4v) is 2.37. The molecule has 116 valence electrons. The number of benzene rings is 1. The normalized spacial score (nSPS) is 12.2. The molecule has 0 bridgehead atoms. The maximum Gasteiger partial charge on any atom is 0.286 e. The molecule has 0 aliphatic heterocycles. The molecular formula is C16H17N6O+. The second-order valence-electron chi connectivity index (χ2n) is 5.00. The summed E-state index contributed by atoms with van der Waals surface area (Å²) in [5, 5.41) is 15.8. The van der Waals surface area contributed by atoms with Crippen LogP contribution in [0.4, 0.5) is 0 Å². The van der Waals surface area contributed by atoms with Crippen molar-refractivity contribution in [2.45, 2.75) is 0 Å². The number of imidazole rings is 1. The number of nitrogens with one attached hydrogen (secondary N) is 1. The Morgan fingerprint density at radius 2 is 2.04 bits per heavy atom. The van der Waals surface area contributed by atoms with E-state index in [9.17, 15) is 0 Å². The molecule has 0 spiro atoms. The van der Waals surface area contributed by atoms with Crippen molar-refractivity contribution in [1.29, 1.82) is 0 Å². The summed E-state index contributed by atoms with van der Waals surface area (Å²) < 4.78 is 4.23. The Bertz CT molecular complexity index is 879. The van der Waals surface area contributed by atoms with Gasteiger partial charge in [0, 0.05) is 11.6 Å². The van der Waals surface area contributed by atoms with Crippen molar-refractivity contribution >= 4 is 17.8 Å². The molecule has 0 fully saturated rings. The lowest BCUT2D eigenvalue weighted by molar-refractivity contribution is -0.510. The number of nitrogens with zero attached hydrogens (tertiary/aromatic N) is 4. The van der Waals surface area contributed by atoms with Gasteiger partial charge >= 0.3 is 0 Å². The van der Waals surface area contributed by atoms with Crippen LogP contribution in [-0.4, -0.2) is 21.9 Å². The Morgan fingerprint density at radius 3 is 2.74 bits per heavy atom. The lowest BCUT2D eigenvalue weighted by atomic mass is 10.1. The minimum absolute atomic E-state index is 0.162. The van der Waals surface area contributed by atoms with Gasteiger partial charge in [0.15, 0.2) is 5.69 Å². The molecule has 0 saturated heterocycles. The highest BCUT2D eigenvalue weighted by Crippen LogP contribution is 2.19. The molecule has 1 aromatic carbocycles. The zero-order valence-electron chi connectivity index (χ0n) is 12.6. The Balaban J connectivity index is 1.88. The van der Waals surface area contributed by atoms with Gasteiger partial charge in [0.2, 0.25) is 5.96 Å². The van der Waals surface area contributed by atoms with E-state index in [1.165, 1.54) is 0 Å². The van der Waals surface area contributed by atoms with Crippen LogP contribution in [0.15, 0.2) is 65.1 Å². The van der Waals surface area contributed by atoms with E-state index in [0.29, 0.717) is 0 Å². The van der Waals surface area contributed by atoms with Crippen molar-refractivity contribution in [2.24, 2.45) is 23.0 Å². The number of fused-ring (bicyclic) bond motifs is 1. The van der Waals surface area contributed by atoms with Gasteiger partial charge in [0.05, 0.1) is 19.5 Å². The molecule has 7 nitrogen and oxygen atoms in total. The van der Waals surface area contributed by atoms with E-state index >= 15 is 0 Å². The summed E-state index contributed by atoms with van der Waals surface area (Å²) in [5.74, 6) is -0.162. The number of pyridine rings is 1. The van der Waals surface area contributed by atoms with Gasteiger partial charge in [-0.2, -0.15) is 5.10 Å². The van der Waals surface area contributed by atoms with E-state index in [2.05, 4.69) is 31.4 Å². The highest BCUT2D eigenvalue weighted by molar-refractivity contribution is 5.82. The Kier molecular flexibility index (Phi) is 4.03. The molecule has 0 radical (unpaired) electrons. The van der Waals surface area contributed by atoms with Crippen LogP contribution in [0.5, 0.6) is 0 Å². The van der Waals surface area contributed by atoms with E-state index < -0.39 is 0 Å². The molecule has 3 rings (SSSR count). The van der Waals surface area contributed by atoms with Crippen LogP contribution in [0.2, 0.25) is 0 Å². The summed E-state index contributed by atoms with van der Waals surface area (Å²) >= 11 is 0. The monoisotopic (exact) mass is 309 g/mol. The summed E-state index contributed by atoms with van der Waals surface area (Å²) in [7, 11) is 2.04. The average Bonchev–Trinajstić information content (AvgIpc) is 2.93. The first-order valence-electron chi connectivity index (χ1n) is 7.02. The van der Waals surface area contributed by atoms with Crippen LogP contribution in [0.3, 0.4) is 0 Å². The van der Waals surface area contributed by atoms with Crippen molar-refractivity contribution in [2.75, 3.05) is 0 Å². The fourth-order valence-electron chi connectivity index (χ4n) is 2.37. The van der Waals surface area contributed by atoms with Crippen LogP contribution in [0.25, 0.3) is 16.9 Å². The topological polar surface area (TPSA) is 92.0 Å². The maximum absolute atomic E-state index is 8.50. The third-order valence-corrected chi connectivity index (χ3v) is 3.53. The van der Waals surface area contributed by atoms with E-state index in [1.807, 2.05) is 49.6 Å². The number of hydrogen-bond acceptors (Lipinski definition) is 3. The van der Waals surface area contributed by atoms with Gasteiger partial charge < -0.3 is 5.73 Å². The summed E-state index contributed by atoms with van der Waals surface area (Å²) in [4.78, 5) is 0. The third-order valence-electron chi connectivity index (χ3n) is 3.53. The van der Waals surface area contributed by atoms with Crippen LogP contribution in [0, 0.1) is 0 Å². The van der Waals surface area contributed by atoms with Gasteiger partial charge in [-0.1, -0.05) is 18.2 Å². The van der Waals surface area contributed by atoms with Gasteiger partial charge in [-0.3, -0.25) is 5.21 Å². The first kappa shape index (κ1) is 14.7. The highest BCUT2D eigenvalue weighted by Gasteiger charge is 2.14. The maximum atomic E-state index is 8.50. The summed E-state index contributed by atoms with van der Waals surface area (Å²) in [6, 6.07) is 14.0. The molecule has 3 aromatic rings. The smallest absolute Gasteiger partial charge is 0.286 e. The molecule has 0 aliphatic rings. The summed E-state index contributed by atoms with van der Waals surface area (Å²) in [5.41, 5.74) is 11.2. The number of hydrogen-bond donors (Lipinski definition) is 3. The molecular weight excluding hydrogens is 292 g/mol. The summed E-state index contributed by atoms with van der Waals surface area (Å²) in [6.07, 6.45) is 5.68. The zero-order chi connectivity index (χ0) is 16.2. The van der Waals surface area contributed by atoms with E-state index in [1.54, 1.807) is 11.7 Å². The summed E-state index contributed by atoms with van der Waals surface area (Å²) in [6.45, 7) is 0. The molecule has 0 amide bonds. The van der Waals surface area contributed by atoms with E-state index in [-0.39, 0.29) is 5.96 Å². The first-order chi connectivity index (χ1) is 11.2. The Morgan fingerprint density at radius 1 is 1.26 bits per heavy atom. The number of hydroxylamine groups is 1. The molecule has 2 heterocycles. The molecule has 7 heteroatoms. The number of aromatic nitrogens is 2. The number of rotatable bonds is 3. The molecule has 0 atom stereocenters. The van der Waals surface area contributed by atoms with Gasteiger partial charge in [-0.15, -0.1) is 5.10 Å². The SMILES string of the molecule is Cn1c(-c2ccc(/C=N\N=C(N)NO)cc2)c[n+]2ccccc12. The number of aryl methyl sites for hydroxylation is 1. The van der Waals surface area contributed by atoms with Gasteiger partial charge in [-0.05, 0) is 23.8 Å². The number of guanidine groups is 1. The molecule has 4 N–H and O–H groups in total. The van der Waals surface area contributed by atoms with Gasteiger partial charge in [0.1, 0.15) is 6.20 Å². The second kappa shape index (κ2) is 6.29. The van der Waals surface area contributed by atoms with Crippen molar-refractivity contribution in [3.8, 4) is 11.3 Å². The predicted molar refractivity (Wildman–Crippen MR) is 88.1 cm³/mol. The fraction of sp³-hybridized carbons (Fsp3) is 0.0625. The van der Waals surface area contributed by atoms with Crippen molar-refractivity contribution in [3.63, 3.8) is 0 Å². The molecule has 0 aliphatic carbocycles.